The zero-order chi connectivity index (χ0) is 14.1. The summed E-state index contributed by atoms with van der Waals surface area (Å²) >= 11 is 6.09. The van der Waals surface area contributed by atoms with Crippen LogP contribution in [0.15, 0.2) is 36.4 Å². The van der Waals surface area contributed by atoms with Gasteiger partial charge in [-0.25, -0.2) is 0 Å². The molecule has 0 aromatic heterocycles. The summed E-state index contributed by atoms with van der Waals surface area (Å²) < 4.78 is 5.63. The number of anilines is 1. The lowest BCUT2D eigenvalue weighted by molar-refractivity contribution is 0.103. The summed E-state index contributed by atoms with van der Waals surface area (Å²) in [5.74, 6) is 0.549. The summed E-state index contributed by atoms with van der Waals surface area (Å²) in [4.78, 5) is 12.6. The minimum atomic E-state index is -0.0764. The van der Waals surface area contributed by atoms with Gasteiger partial charge in [0.25, 0.3) is 0 Å². The Balaban J connectivity index is 2.04. The Morgan fingerprint density at radius 2 is 2.15 bits per heavy atom. The van der Waals surface area contributed by atoms with Gasteiger partial charge < -0.3 is 10.1 Å². The van der Waals surface area contributed by atoms with Crippen LogP contribution in [0.3, 0.4) is 0 Å². The molecule has 0 amide bonds. The second-order valence-electron chi connectivity index (χ2n) is 4.75. The molecule has 2 aromatic rings. The molecule has 0 atom stereocenters. The maximum atomic E-state index is 12.6. The Labute approximate surface area is 122 Å². The molecule has 4 heteroatoms. The smallest absolute Gasteiger partial charge is 0.196 e. The van der Waals surface area contributed by atoms with Crippen LogP contribution >= 0.6 is 11.6 Å². The van der Waals surface area contributed by atoms with Crippen molar-refractivity contribution in [1.29, 1.82) is 0 Å². The van der Waals surface area contributed by atoms with Crippen molar-refractivity contribution in [3.05, 3.63) is 58.1 Å². The zero-order valence-corrected chi connectivity index (χ0v) is 11.8. The van der Waals surface area contributed by atoms with Gasteiger partial charge in [-0.05, 0) is 30.7 Å². The van der Waals surface area contributed by atoms with Crippen molar-refractivity contribution in [2.45, 2.75) is 6.92 Å². The lowest BCUT2D eigenvalue weighted by Crippen LogP contribution is -2.20. The van der Waals surface area contributed by atoms with Gasteiger partial charge >= 0.3 is 0 Å². The molecule has 0 unspecified atom stereocenters. The van der Waals surface area contributed by atoms with Gasteiger partial charge in [0, 0.05) is 17.1 Å². The summed E-state index contributed by atoms with van der Waals surface area (Å²) in [6.07, 6.45) is 0. The van der Waals surface area contributed by atoms with Gasteiger partial charge in [0.1, 0.15) is 6.61 Å². The van der Waals surface area contributed by atoms with Crippen molar-refractivity contribution >= 4 is 23.1 Å². The van der Waals surface area contributed by atoms with Crippen LogP contribution in [0.5, 0.6) is 5.75 Å². The molecule has 0 saturated carbocycles. The van der Waals surface area contributed by atoms with Crippen molar-refractivity contribution in [2.75, 3.05) is 18.5 Å². The quantitative estimate of drug-likeness (QED) is 0.856. The van der Waals surface area contributed by atoms with E-state index in [1.807, 2.05) is 25.1 Å². The Morgan fingerprint density at radius 1 is 1.30 bits per heavy atom. The number of hydrogen-bond donors (Lipinski definition) is 1. The first-order valence-corrected chi connectivity index (χ1v) is 6.85. The lowest BCUT2D eigenvalue weighted by Gasteiger charge is -2.21. The number of fused-ring (bicyclic) bond motifs is 1. The Morgan fingerprint density at radius 3 is 2.95 bits per heavy atom. The fraction of sp³-hybridized carbons (Fsp3) is 0.188. The standard InChI is InChI=1S/C16H14ClNO2/c1-10-5-6-11(9-13(10)17)15(19)12-3-2-4-14-16(12)20-8-7-18-14/h2-6,9,18H,7-8H2,1H3. The number of para-hydroxylation sites is 1. The SMILES string of the molecule is Cc1ccc(C(=O)c2cccc3c2OCCN3)cc1Cl. The van der Waals surface area contributed by atoms with Gasteiger partial charge in [-0.15, -0.1) is 0 Å². The highest BCUT2D eigenvalue weighted by Gasteiger charge is 2.20. The molecule has 1 aliphatic rings. The first kappa shape index (κ1) is 13.0. The van der Waals surface area contributed by atoms with Crippen molar-refractivity contribution in [1.82, 2.24) is 0 Å². The number of carbonyl (C=O) groups excluding carboxylic acids is 1. The zero-order valence-electron chi connectivity index (χ0n) is 11.1. The maximum absolute atomic E-state index is 12.6. The van der Waals surface area contributed by atoms with Gasteiger partial charge in [-0.1, -0.05) is 29.8 Å². The fourth-order valence-corrected chi connectivity index (χ4v) is 2.42. The third-order valence-corrected chi connectivity index (χ3v) is 3.76. The first-order valence-electron chi connectivity index (χ1n) is 6.47. The number of hydrogen-bond acceptors (Lipinski definition) is 3. The highest BCUT2D eigenvalue weighted by molar-refractivity contribution is 6.32. The van der Waals surface area contributed by atoms with Crippen LogP contribution in [-0.2, 0) is 0 Å². The lowest BCUT2D eigenvalue weighted by atomic mass is 10.0. The van der Waals surface area contributed by atoms with Crippen LogP contribution in [0.25, 0.3) is 0 Å². The number of ketones is 1. The molecular weight excluding hydrogens is 274 g/mol. The molecule has 20 heavy (non-hydrogen) atoms. The Kier molecular flexibility index (Phi) is 3.36. The molecule has 1 heterocycles. The van der Waals surface area contributed by atoms with E-state index in [2.05, 4.69) is 5.32 Å². The van der Waals surface area contributed by atoms with Crippen molar-refractivity contribution < 1.29 is 9.53 Å². The van der Waals surface area contributed by atoms with E-state index >= 15 is 0 Å². The average Bonchev–Trinajstić information content (AvgIpc) is 2.49. The largest absolute Gasteiger partial charge is 0.489 e. The van der Waals surface area contributed by atoms with Gasteiger partial charge in [0.2, 0.25) is 0 Å². The third-order valence-electron chi connectivity index (χ3n) is 3.36. The van der Waals surface area contributed by atoms with E-state index in [1.165, 1.54) is 0 Å². The van der Waals surface area contributed by atoms with Crippen molar-refractivity contribution in [3.8, 4) is 5.75 Å². The van der Waals surface area contributed by atoms with Crippen LogP contribution in [0, 0.1) is 6.92 Å². The average molecular weight is 288 g/mol. The third kappa shape index (κ3) is 2.25. The number of ether oxygens (including phenoxy) is 1. The van der Waals surface area contributed by atoms with E-state index in [4.69, 9.17) is 16.3 Å². The molecule has 0 radical (unpaired) electrons. The van der Waals surface area contributed by atoms with E-state index in [9.17, 15) is 4.79 Å². The number of carbonyl (C=O) groups is 1. The van der Waals surface area contributed by atoms with Crippen LogP contribution < -0.4 is 10.1 Å². The van der Waals surface area contributed by atoms with Crippen molar-refractivity contribution in [3.63, 3.8) is 0 Å². The number of benzene rings is 2. The van der Waals surface area contributed by atoms with Gasteiger partial charge in [0.15, 0.2) is 11.5 Å². The number of halogens is 1. The van der Waals surface area contributed by atoms with Crippen LogP contribution in [0.2, 0.25) is 5.02 Å². The molecule has 3 rings (SSSR count). The summed E-state index contributed by atoms with van der Waals surface area (Å²) in [5, 5.41) is 3.82. The molecule has 0 fully saturated rings. The normalized spacial score (nSPS) is 13.1. The summed E-state index contributed by atoms with van der Waals surface area (Å²) in [6.45, 7) is 3.22. The van der Waals surface area contributed by atoms with E-state index in [0.717, 1.165) is 17.8 Å². The first-order chi connectivity index (χ1) is 9.66. The predicted octanol–water partition coefficient (Wildman–Crippen LogP) is 3.68. The minimum absolute atomic E-state index is 0.0764. The van der Waals surface area contributed by atoms with Crippen molar-refractivity contribution in [2.24, 2.45) is 0 Å². The van der Waals surface area contributed by atoms with E-state index in [-0.39, 0.29) is 5.78 Å². The Bertz CT molecular complexity index is 682. The van der Waals surface area contributed by atoms with Crippen LogP contribution in [0.1, 0.15) is 21.5 Å². The number of nitrogens with one attached hydrogen (secondary N) is 1. The predicted molar refractivity (Wildman–Crippen MR) is 80.0 cm³/mol. The molecule has 0 aliphatic carbocycles. The van der Waals surface area contributed by atoms with Crippen LogP contribution in [-0.4, -0.2) is 18.9 Å². The topological polar surface area (TPSA) is 38.3 Å². The molecule has 102 valence electrons. The number of aryl methyl sites for hydroxylation is 1. The second-order valence-corrected chi connectivity index (χ2v) is 5.16. The van der Waals surface area contributed by atoms with E-state index in [1.54, 1.807) is 18.2 Å². The van der Waals surface area contributed by atoms with Gasteiger partial charge in [-0.2, -0.15) is 0 Å². The van der Waals surface area contributed by atoms with Gasteiger partial charge in [0.05, 0.1) is 11.3 Å². The van der Waals surface area contributed by atoms with Crippen LogP contribution in [0.4, 0.5) is 5.69 Å². The molecule has 1 aliphatic heterocycles. The number of rotatable bonds is 2. The summed E-state index contributed by atoms with van der Waals surface area (Å²) in [6, 6.07) is 10.9. The molecule has 0 saturated heterocycles. The fourth-order valence-electron chi connectivity index (χ4n) is 2.24. The highest BCUT2D eigenvalue weighted by atomic mass is 35.5. The van der Waals surface area contributed by atoms with Gasteiger partial charge in [-0.3, -0.25) is 4.79 Å². The second kappa shape index (κ2) is 5.17. The molecule has 1 N–H and O–H groups in total. The summed E-state index contributed by atoms with van der Waals surface area (Å²) in [5.41, 5.74) is 2.95. The molecular formula is C16H14ClNO2. The highest BCUT2D eigenvalue weighted by Crippen LogP contribution is 2.33. The summed E-state index contributed by atoms with van der Waals surface area (Å²) in [7, 11) is 0. The van der Waals surface area contributed by atoms with E-state index < -0.39 is 0 Å². The maximum Gasteiger partial charge on any atom is 0.196 e. The minimum Gasteiger partial charge on any atom is -0.489 e. The Hall–Kier alpha value is -2.00. The monoisotopic (exact) mass is 287 g/mol. The molecule has 0 bridgehead atoms. The molecule has 2 aromatic carbocycles. The van der Waals surface area contributed by atoms with E-state index in [0.29, 0.717) is 28.5 Å². The molecule has 0 spiro atoms. The molecule has 3 nitrogen and oxygen atoms in total.